The van der Waals surface area contributed by atoms with Gasteiger partial charge in [0.2, 0.25) is 0 Å². The highest BCUT2D eigenvalue weighted by atomic mass is 16.5. The smallest absolute Gasteiger partial charge is 0.257 e. The molecule has 0 saturated heterocycles. The van der Waals surface area contributed by atoms with Crippen molar-refractivity contribution >= 4 is 11.6 Å². The zero-order valence-electron chi connectivity index (χ0n) is 11.6. The van der Waals surface area contributed by atoms with Gasteiger partial charge in [0.15, 0.2) is 0 Å². The molecule has 0 aliphatic rings. The summed E-state index contributed by atoms with van der Waals surface area (Å²) in [6, 6.07) is 4.80. The lowest BCUT2D eigenvalue weighted by Crippen LogP contribution is -2.41. The Hall–Kier alpha value is -1.75. The van der Waals surface area contributed by atoms with Crippen molar-refractivity contribution in [1.82, 2.24) is 5.32 Å². The molecular weight excluding hydrogens is 244 g/mol. The van der Waals surface area contributed by atoms with E-state index in [0.717, 1.165) is 0 Å². The van der Waals surface area contributed by atoms with Gasteiger partial charge in [-0.1, -0.05) is 19.9 Å². The van der Waals surface area contributed by atoms with Crippen molar-refractivity contribution in [3.05, 3.63) is 23.8 Å². The number of benzene rings is 1. The molecule has 1 rings (SSSR count). The van der Waals surface area contributed by atoms with Crippen LogP contribution in [0.2, 0.25) is 0 Å². The highest BCUT2D eigenvalue weighted by molar-refractivity contribution is 6.02. The lowest BCUT2D eigenvalue weighted by molar-refractivity contribution is 0.0894. The first kappa shape index (κ1) is 15.3. The Kier molecular flexibility index (Phi) is 5.63. The van der Waals surface area contributed by atoms with E-state index >= 15 is 0 Å². The molecule has 0 bridgehead atoms. The minimum absolute atomic E-state index is 0.111. The number of hydrogen-bond acceptors (Lipinski definition) is 4. The van der Waals surface area contributed by atoms with Crippen LogP contribution in [0.15, 0.2) is 18.2 Å². The topological polar surface area (TPSA) is 84.6 Å². The van der Waals surface area contributed by atoms with Gasteiger partial charge in [-0.2, -0.15) is 0 Å². The van der Waals surface area contributed by atoms with Crippen LogP contribution < -0.4 is 15.8 Å². The van der Waals surface area contributed by atoms with Crippen LogP contribution in [0.25, 0.3) is 0 Å². The number of aliphatic hydroxyl groups excluding tert-OH is 1. The molecule has 1 atom stereocenters. The second-order valence-electron chi connectivity index (χ2n) is 4.66. The fourth-order valence-corrected chi connectivity index (χ4v) is 1.73. The number of ether oxygens (including phenoxy) is 1. The van der Waals surface area contributed by atoms with E-state index in [4.69, 9.17) is 10.5 Å². The van der Waals surface area contributed by atoms with Crippen LogP contribution in [0.4, 0.5) is 5.69 Å². The molecule has 1 amide bonds. The van der Waals surface area contributed by atoms with Gasteiger partial charge < -0.3 is 20.9 Å². The fourth-order valence-electron chi connectivity index (χ4n) is 1.73. The highest BCUT2D eigenvalue weighted by Crippen LogP contribution is 2.24. The number of carbonyl (C=O) groups is 1. The molecule has 0 aliphatic heterocycles. The van der Waals surface area contributed by atoms with Crippen molar-refractivity contribution in [3.63, 3.8) is 0 Å². The monoisotopic (exact) mass is 266 g/mol. The van der Waals surface area contributed by atoms with Gasteiger partial charge in [0.05, 0.1) is 19.3 Å². The van der Waals surface area contributed by atoms with E-state index in [2.05, 4.69) is 5.32 Å². The van der Waals surface area contributed by atoms with Crippen LogP contribution in [-0.2, 0) is 0 Å². The van der Waals surface area contributed by atoms with Gasteiger partial charge in [0, 0.05) is 5.69 Å². The summed E-state index contributed by atoms with van der Waals surface area (Å²) in [7, 11) is 0. The van der Waals surface area contributed by atoms with Gasteiger partial charge in [0.25, 0.3) is 5.91 Å². The first-order valence-corrected chi connectivity index (χ1v) is 6.44. The normalized spacial score (nSPS) is 12.3. The van der Waals surface area contributed by atoms with E-state index in [1.54, 1.807) is 18.2 Å². The predicted octanol–water partition coefficient (Wildman–Crippen LogP) is 1.41. The predicted molar refractivity (Wildman–Crippen MR) is 75.2 cm³/mol. The second kappa shape index (κ2) is 6.99. The molecule has 0 fully saturated rings. The van der Waals surface area contributed by atoms with Crippen molar-refractivity contribution in [2.45, 2.75) is 26.8 Å². The summed E-state index contributed by atoms with van der Waals surface area (Å²) in [5.74, 6) is 0.268. The van der Waals surface area contributed by atoms with Gasteiger partial charge in [0.1, 0.15) is 11.3 Å². The summed E-state index contributed by atoms with van der Waals surface area (Å²) < 4.78 is 5.41. The quantitative estimate of drug-likeness (QED) is 0.680. The molecule has 5 heteroatoms. The molecule has 0 saturated carbocycles. The Morgan fingerprint density at radius 3 is 2.68 bits per heavy atom. The summed E-state index contributed by atoms with van der Waals surface area (Å²) >= 11 is 0. The summed E-state index contributed by atoms with van der Waals surface area (Å²) in [6.45, 7) is 6.05. The average molecular weight is 266 g/mol. The maximum Gasteiger partial charge on any atom is 0.257 e. The van der Waals surface area contributed by atoms with Crippen LogP contribution >= 0.6 is 0 Å². The molecule has 1 aromatic rings. The minimum Gasteiger partial charge on any atom is -0.493 e. The zero-order chi connectivity index (χ0) is 14.4. The first-order valence-electron chi connectivity index (χ1n) is 6.44. The Bertz CT molecular complexity index is 433. The number of nitrogens with one attached hydrogen (secondary N) is 1. The number of rotatable bonds is 6. The lowest BCUT2D eigenvalue weighted by Gasteiger charge is -2.21. The summed E-state index contributed by atoms with van der Waals surface area (Å²) in [6.07, 6.45) is 0. The number of amides is 1. The highest BCUT2D eigenvalue weighted by Gasteiger charge is 2.20. The Balaban J connectivity index is 2.98. The van der Waals surface area contributed by atoms with E-state index in [-0.39, 0.29) is 24.5 Å². The van der Waals surface area contributed by atoms with Crippen molar-refractivity contribution in [1.29, 1.82) is 0 Å². The van der Waals surface area contributed by atoms with Crippen molar-refractivity contribution in [2.24, 2.45) is 5.92 Å². The van der Waals surface area contributed by atoms with Crippen molar-refractivity contribution < 1.29 is 14.6 Å². The summed E-state index contributed by atoms with van der Waals surface area (Å²) in [4.78, 5) is 12.3. The number of hydrogen-bond donors (Lipinski definition) is 3. The van der Waals surface area contributed by atoms with E-state index < -0.39 is 0 Å². The van der Waals surface area contributed by atoms with E-state index in [0.29, 0.717) is 23.6 Å². The Labute approximate surface area is 113 Å². The van der Waals surface area contributed by atoms with Gasteiger partial charge in [-0.15, -0.1) is 0 Å². The Morgan fingerprint density at radius 1 is 1.47 bits per heavy atom. The molecule has 0 heterocycles. The van der Waals surface area contributed by atoms with Gasteiger partial charge >= 0.3 is 0 Å². The summed E-state index contributed by atoms with van der Waals surface area (Å²) in [5.41, 5.74) is 6.53. The number of nitrogen functional groups attached to an aromatic ring is 1. The first-order chi connectivity index (χ1) is 9.01. The molecule has 4 N–H and O–H groups in total. The third-order valence-corrected chi connectivity index (χ3v) is 2.90. The van der Waals surface area contributed by atoms with Crippen LogP contribution in [0.5, 0.6) is 5.75 Å². The number of nitrogens with two attached hydrogens (primary N) is 1. The number of anilines is 1. The van der Waals surface area contributed by atoms with Crippen molar-refractivity contribution in [3.8, 4) is 5.75 Å². The minimum atomic E-state index is -0.325. The third-order valence-electron chi connectivity index (χ3n) is 2.90. The van der Waals surface area contributed by atoms with E-state index in [9.17, 15) is 9.90 Å². The lowest BCUT2D eigenvalue weighted by atomic mass is 10.0. The largest absolute Gasteiger partial charge is 0.493 e. The number of aliphatic hydroxyl groups is 1. The SMILES string of the molecule is CCOc1cccc(N)c1C(=O)N[C@H](CO)C(C)C. The molecule has 0 radical (unpaired) electrons. The van der Waals surface area contributed by atoms with Crippen LogP contribution in [-0.4, -0.2) is 30.3 Å². The van der Waals surface area contributed by atoms with Crippen LogP contribution in [0.1, 0.15) is 31.1 Å². The molecule has 0 aromatic heterocycles. The van der Waals surface area contributed by atoms with E-state index in [1.807, 2.05) is 20.8 Å². The maximum atomic E-state index is 12.3. The molecular formula is C14H22N2O3. The molecule has 19 heavy (non-hydrogen) atoms. The molecule has 0 aliphatic carbocycles. The fraction of sp³-hybridized carbons (Fsp3) is 0.500. The van der Waals surface area contributed by atoms with Gasteiger partial charge in [-0.05, 0) is 25.0 Å². The van der Waals surface area contributed by atoms with E-state index in [1.165, 1.54) is 0 Å². The molecule has 106 valence electrons. The molecule has 5 nitrogen and oxygen atoms in total. The zero-order valence-corrected chi connectivity index (χ0v) is 11.6. The van der Waals surface area contributed by atoms with Gasteiger partial charge in [-0.25, -0.2) is 0 Å². The third kappa shape index (κ3) is 3.86. The van der Waals surface area contributed by atoms with Crippen LogP contribution in [0.3, 0.4) is 0 Å². The molecule has 0 spiro atoms. The standard InChI is InChI=1S/C14H22N2O3/c1-4-19-12-7-5-6-10(15)13(12)14(18)16-11(8-17)9(2)3/h5-7,9,11,17H,4,8,15H2,1-3H3,(H,16,18)/t11-/m1/s1. The maximum absolute atomic E-state index is 12.3. The second-order valence-corrected chi connectivity index (χ2v) is 4.66. The molecule has 0 unspecified atom stereocenters. The van der Waals surface area contributed by atoms with Crippen LogP contribution in [0, 0.1) is 5.92 Å². The molecule has 1 aromatic carbocycles. The Morgan fingerprint density at radius 2 is 2.16 bits per heavy atom. The van der Waals surface area contributed by atoms with Crippen molar-refractivity contribution in [2.75, 3.05) is 18.9 Å². The van der Waals surface area contributed by atoms with Gasteiger partial charge in [-0.3, -0.25) is 4.79 Å². The summed E-state index contributed by atoms with van der Waals surface area (Å²) in [5, 5.41) is 12.0. The number of carbonyl (C=O) groups excluding carboxylic acids is 1. The average Bonchev–Trinajstić information content (AvgIpc) is 2.35.